The topological polar surface area (TPSA) is 77.0 Å². The molecule has 2 amide bonds. The van der Waals surface area contributed by atoms with Crippen LogP contribution >= 0.6 is 24.0 Å². The fourth-order valence-electron chi connectivity index (χ4n) is 3.42. The Morgan fingerprint density at radius 1 is 1.17 bits per heavy atom. The highest BCUT2D eigenvalue weighted by Gasteiger charge is 2.22. The molecule has 8 heteroatoms. The van der Waals surface area contributed by atoms with Crippen LogP contribution in [0.25, 0.3) is 0 Å². The van der Waals surface area contributed by atoms with Gasteiger partial charge in [0, 0.05) is 51.8 Å². The molecule has 1 aliphatic rings. The maximum Gasteiger partial charge on any atom is 0.253 e. The molecule has 0 spiro atoms. The van der Waals surface area contributed by atoms with Crippen LogP contribution in [0.15, 0.2) is 29.3 Å². The number of likely N-dealkylation sites (tertiary alicyclic amines) is 1. The average Bonchev–Trinajstić information content (AvgIpc) is 2.72. The maximum atomic E-state index is 12.5. The molecular weight excluding hydrogens is 493 g/mol. The van der Waals surface area contributed by atoms with E-state index in [0.717, 1.165) is 31.5 Å². The summed E-state index contributed by atoms with van der Waals surface area (Å²) < 4.78 is 0. The summed E-state index contributed by atoms with van der Waals surface area (Å²) in [6.07, 6.45) is 3.88. The first-order valence-corrected chi connectivity index (χ1v) is 10.5. The molecule has 0 saturated carbocycles. The van der Waals surface area contributed by atoms with E-state index in [1.54, 1.807) is 19.0 Å². The number of amides is 2. The van der Waals surface area contributed by atoms with Gasteiger partial charge in [-0.15, -0.1) is 24.0 Å². The summed E-state index contributed by atoms with van der Waals surface area (Å²) in [5.41, 5.74) is 1.69. The number of carbonyl (C=O) groups excluding carboxylic acids is 2. The van der Waals surface area contributed by atoms with Crippen molar-refractivity contribution in [3.05, 3.63) is 35.4 Å². The fraction of sp³-hybridized carbons (Fsp3) is 0.591. The lowest BCUT2D eigenvalue weighted by atomic mass is 10.0. The lowest BCUT2D eigenvalue weighted by molar-refractivity contribution is -0.134. The standard InChI is InChI=1S/C22H35N5O2.HI/c1-5-23-22(24-14-13-20(28)27-15-7-6-8-17(27)2)25-16-18-9-11-19(12-10-18)21(29)26(3)4;/h9-12,17H,5-8,13-16H2,1-4H3,(H2,23,24,25);1H. The summed E-state index contributed by atoms with van der Waals surface area (Å²) in [4.78, 5) is 32.6. The van der Waals surface area contributed by atoms with Crippen LogP contribution in [-0.4, -0.2) is 67.3 Å². The van der Waals surface area contributed by atoms with E-state index in [1.807, 2.05) is 36.1 Å². The summed E-state index contributed by atoms with van der Waals surface area (Å²) >= 11 is 0. The number of aliphatic imine (C=N–C) groups is 1. The summed E-state index contributed by atoms with van der Waals surface area (Å²) in [5, 5.41) is 6.46. The van der Waals surface area contributed by atoms with Gasteiger partial charge in [-0.1, -0.05) is 12.1 Å². The minimum Gasteiger partial charge on any atom is -0.357 e. The Bertz CT molecular complexity index is 706. The Morgan fingerprint density at radius 3 is 2.47 bits per heavy atom. The van der Waals surface area contributed by atoms with E-state index in [1.165, 1.54) is 6.42 Å². The molecule has 0 bridgehead atoms. The van der Waals surface area contributed by atoms with Crippen molar-refractivity contribution >= 4 is 41.8 Å². The molecule has 1 aliphatic heterocycles. The Hall–Kier alpha value is -1.84. The van der Waals surface area contributed by atoms with Gasteiger partial charge in [0.2, 0.25) is 5.91 Å². The Kier molecular flexibility index (Phi) is 11.8. The number of guanidine groups is 1. The van der Waals surface area contributed by atoms with Crippen LogP contribution in [0.5, 0.6) is 0 Å². The van der Waals surface area contributed by atoms with Gasteiger partial charge in [0.05, 0.1) is 6.54 Å². The fourth-order valence-corrected chi connectivity index (χ4v) is 3.42. The number of hydrogen-bond acceptors (Lipinski definition) is 3. The molecule has 1 aromatic rings. The molecule has 7 nitrogen and oxygen atoms in total. The zero-order valence-electron chi connectivity index (χ0n) is 18.6. The summed E-state index contributed by atoms with van der Waals surface area (Å²) in [7, 11) is 3.48. The molecule has 1 heterocycles. The number of nitrogens with one attached hydrogen (secondary N) is 2. The van der Waals surface area contributed by atoms with Crippen molar-refractivity contribution < 1.29 is 9.59 Å². The van der Waals surface area contributed by atoms with Crippen molar-refractivity contribution in [2.24, 2.45) is 4.99 Å². The van der Waals surface area contributed by atoms with E-state index in [-0.39, 0.29) is 35.8 Å². The van der Waals surface area contributed by atoms with Crippen LogP contribution in [0.2, 0.25) is 0 Å². The average molecular weight is 529 g/mol. The number of carbonyl (C=O) groups is 2. The van der Waals surface area contributed by atoms with Crippen molar-refractivity contribution in [2.45, 2.75) is 52.1 Å². The second-order valence-electron chi connectivity index (χ2n) is 7.70. The van der Waals surface area contributed by atoms with Crippen molar-refractivity contribution in [3.63, 3.8) is 0 Å². The SMILES string of the molecule is CCNC(=NCc1ccc(C(=O)N(C)C)cc1)NCCC(=O)N1CCCCC1C.I. The highest BCUT2D eigenvalue weighted by molar-refractivity contribution is 14.0. The van der Waals surface area contributed by atoms with Gasteiger partial charge in [0.25, 0.3) is 5.91 Å². The van der Waals surface area contributed by atoms with Crippen molar-refractivity contribution in [2.75, 3.05) is 33.7 Å². The molecule has 1 unspecified atom stereocenters. The molecule has 1 atom stereocenters. The van der Waals surface area contributed by atoms with Gasteiger partial charge < -0.3 is 20.4 Å². The second-order valence-corrected chi connectivity index (χ2v) is 7.70. The van der Waals surface area contributed by atoms with Gasteiger partial charge in [-0.25, -0.2) is 4.99 Å². The molecule has 1 saturated heterocycles. The van der Waals surface area contributed by atoms with Gasteiger partial charge in [-0.05, 0) is 50.8 Å². The van der Waals surface area contributed by atoms with Gasteiger partial charge in [0.15, 0.2) is 5.96 Å². The normalized spacial score (nSPS) is 16.5. The van der Waals surface area contributed by atoms with E-state index >= 15 is 0 Å². The van der Waals surface area contributed by atoms with Crippen LogP contribution in [0.4, 0.5) is 0 Å². The Morgan fingerprint density at radius 2 is 1.87 bits per heavy atom. The minimum absolute atomic E-state index is 0. The summed E-state index contributed by atoms with van der Waals surface area (Å²) in [6.45, 7) is 6.83. The van der Waals surface area contributed by atoms with Gasteiger partial charge in [0.1, 0.15) is 0 Å². The lowest BCUT2D eigenvalue weighted by Crippen LogP contribution is -2.44. The largest absolute Gasteiger partial charge is 0.357 e. The number of nitrogens with zero attached hydrogens (tertiary/aromatic N) is 3. The third-order valence-corrected chi connectivity index (χ3v) is 5.13. The van der Waals surface area contributed by atoms with E-state index in [2.05, 4.69) is 22.5 Å². The zero-order chi connectivity index (χ0) is 21.2. The highest BCUT2D eigenvalue weighted by atomic mass is 127. The number of rotatable bonds is 7. The smallest absolute Gasteiger partial charge is 0.253 e. The molecule has 1 fully saturated rings. The van der Waals surface area contributed by atoms with Crippen molar-refractivity contribution in [3.8, 4) is 0 Å². The van der Waals surface area contributed by atoms with E-state index < -0.39 is 0 Å². The molecule has 0 radical (unpaired) electrons. The molecule has 0 aromatic heterocycles. The monoisotopic (exact) mass is 529 g/mol. The summed E-state index contributed by atoms with van der Waals surface area (Å²) in [5.74, 6) is 0.893. The maximum absolute atomic E-state index is 12.5. The van der Waals surface area contributed by atoms with Crippen LogP contribution < -0.4 is 10.6 Å². The lowest BCUT2D eigenvalue weighted by Gasteiger charge is -2.33. The number of hydrogen-bond donors (Lipinski definition) is 2. The molecular formula is C22H36IN5O2. The first-order valence-electron chi connectivity index (χ1n) is 10.5. The van der Waals surface area contributed by atoms with Gasteiger partial charge in [-0.3, -0.25) is 9.59 Å². The molecule has 0 aliphatic carbocycles. The van der Waals surface area contributed by atoms with Gasteiger partial charge in [-0.2, -0.15) is 0 Å². The quantitative estimate of drug-likeness (QED) is 0.324. The number of benzene rings is 1. The van der Waals surface area contributed by atoms with Crippen molar-refractivity contribution in [1.29, 1.82) is 0 Å². The predicted octanol–water partition coefficient (Wildman–Crippen LogP) is 2.85. The molecule has 30 heavy (non-hydrogen) atoms. The third-order valence-electron chi connectivity index (χ3n) is 5.13. The number of piperidine rings is 1. The first-order chi connectivity index (χ1) is 13.9. The predicted molar refractivity (Wildman–Crippen MR) is 132 cm³/mol. The Balaban J connectivity index is 0.00000450. The minimum atomic E-state index is -0.0113. The van der Waals surface area contributed by atoms with E-state index in [0.29, 0.717) is 37.1 Å². The molecule has 2 rings (SSSR count). The zero-order valence-corrected chi connectivity index (χ0v) is 20.9. The van der Waals surface area contributed by atoms with Crippen LogP contribution in [0.3, 0.4) is 0 Å². The van der Waals surface area contributed by atoms with Crippen LogP contribution in [-0.2, 0) is 11.3 Å². The van der Waals surface area contributed by atoms with Crippen LogP contribution in [0.1, 0.15) is 55.5 Å². The summed E-state index contributed by atoms with van der Waals surface area (Å²) in [6, 6.07) is 7.84. The van der Waals surface area contributed by atoms with Crippen molar-refractivity contribution in [1.82, 2.24) is 20.4 Å². The van der Waals surface area contributed by atoms with Crippen LogP contribution in [0, 0.1) is 0 Å². The third kappa shape index (κ3) is 8.12. The highest BCUT2D eigenvalue weighted by Crippen LogP contribution is 2.17. The molecule has 1 aromatic carbocycles. The first kappa shape index (κ1) is 26.2. The number of halogens is 1. The van der Waals surface area contributed by atoms with E-state index in [9.17, 15) is 9.59 Å². The molecule has 2 N–H and O–H groups in total. The molecule has 168 valence electrons. The second kappa shape index (κ2) is 13.5. The van der Waals surface area contributed by atoms with Gasteiger partial charge >= 0.3 is 0 Å². The van der Waals surface area contributed by atoms with E-state index in [4.69, 9.17) is 0 Å². The Labute approximate surface area is 197 Å².